The molecule has 5 rings (SSSR count). The van der Waals surface area contributed by atoms with Gasteiger partial charge in [-0.2, -0.15) is 0 Å². The molecule has 4 aromatic rings. The van der Waals surface area contributed by atoms with Gasteiger partial charge >= 0.3 is 17.8 Å². The number of nitrogens with zero attached hydrogens (tertiary/aromatic N) is 4. The first-order chi connectivity index (χ1) is 21.8. The summed E-state index contributed by atoms with van der Waals surface area (Å²) in [5.41, 5.74) is 5.51. The number of ether oxygens (including phenoxy) is 1. The Morgan fingerprint density at radius 2 is 1.69 bits per heavy atom. The molecule has 4 amide bonds. The molecule has 0 radical (unpaired) electrons. The molecule has 1 fully saturated rings. The summed E-state index contributed by atoms with van der Waals surface area (Å²) >= 11 is 0. The number of rotatable bonds is 7. The van der Waals surface area contributed by atoms with Gasteiger partial charge in [0.05, 0.1) is 18.5 Å². The second-order valence-corrected chi connectivity index (χ2v) is 10.6. The van der Waals surface area contributed by atoms with Crippen molar-refractivity contribution in [1.82, 2.24) is 9.88 Å². The number of aromatic nitrogens is 1. The predicted molar refractivity (Wildman–Crippen MR) is 173 cm³/mol. The number of carbonyl (C=O) groups excluding carboxylic acids is 3. The van der Waals surface area contributed by atoms with Gasteiger partial charge in [-0.3, -0.25) is 20.3 Å². The van der Waals surface area contributed by atoms with Gasteiger partial charge in [0, 0.05) is 43.2 Å². The number of aryl methyl sites for hydroxylation is 1. The largest absolute Gasteiger partial charge is 0.495 e. The van der Waals surface area contributed by atoms with Crippen LogP contribution in [-0.2, 0) is 9.59 Å². The van der Waals surface area contributed by atoms with E-state index in [-0.39, 0.29) is 35.0 Å². The minimum absolute atomic E-state index is 0.0133. The van der Waals surface area contributed by atoms with Crippen molar-refractivity contribution in [3.63, 3.8) is 0 Å². The fraction of sp³-hybridized carbons (Fsp3) is 0.212. The summed E-state index contributed by atoms with van der Waals surface area (Å²) in [6, 6.07) is 24.4. The van der Waals surface area contributed by atoms with E-state index in [1.165, 1.54) is 24.3 Å². The van der Waals surface area contributed by atoms with Gasteiger partial charge < -0.3 is 25.2 Å². The Kier molecular flexibility index (Phi) is 9.44. The summed E-state index contributed by atoms with van der Waals surface area (Å²) in [6.45, 7) is 5.58. The molecule has 1 saturated heterocycles. The van der Waals surface area contributed by atoms with Crippen LogP contribution in [0, 0.1) is 6.92 Å². The Morgan fingerprint density at radius 3 is 2.40 bits per heavy atom. The number of methoxy groups -OCH3 is 1. The van der Waals surface area contributed by atoms with Gasteiger partial charge in [0.25, 0.3) is 0 Å². The van der Waals surface area contributed by atoms with Crippen LogP contribution in [0.3, 0.4) is 0 Å². The zero-order valence-electron chi connectivity index (χ0n) is 25.2. The molecule has 1 atom stereocenters. The van der Waals surface area contributed by atoms with E-state index in [1.54, 1.807) is 59.5 Å². The van der Waals surface area contributed by atoms with E-state index in [9.17, 15) is 19.6 Å². The molecule has 12 nitrogen and oxygen atoms in total. The molecule has 0 bridgehead atoms. The molecular formula is C33H35N7O5. The molecule has 45 heavy (non-hydrogen) atoms. The van der Waals surface area contributed by atoms with E-state index in [1.807, 2.05) is 19.1 Å². The van der Waals surface area contributed by atoms with Crippen LogP contribution in [0.25, 0.3) is 0 Å². The third-order valence-corrected chi connectivity index (χ3v) is 7.47. The molecule has 1 aromatic heterocycles. The Labute approximate surface area is 261 Å². The van der Waals surface area contributed by atoms with Crippen molar-refractivity contribution < 1.29 is 24.3 Å². The maximum atomic E-state index is 14.3. The third-order valence-electron chi connectivity index (χ3n) is 7.47. The second kappa shape index (κ2) is 13.8. The highest BCUT2D eigenvalue weighted by atomic mass is 16.5. The third kappa shape index (κ3) is 6.97. The van der Waals surface area contributed by atoms with Crippen molar-refractivity contribution in [2.75, 3.05) is 52.7 Å². The highest BCUT2D eigenvalue weighted by molar-refractivity contribution is 6.43. The number of urea groups is 1. The maximum absolute atomic E-state index is 14.3. The molecule has 1 aliphatic heterocycles. The topological polar surface area (TPSA) is 139 Å². The minimum atomic E-state index is -0.927. The monoisotopic (exact) mass is 609 g/mol. The van der Waals surface area contributed by atoms with Crippen LogP contribution >= 0.6 is 0 Å². The van der Waals surface area contributed by atoms with Gasteiger partial charge in [0.2, 0.25) is 0 Å². The average molecular weight is 610 g/mol. The maximum Gasteiger partial charge on any atom is 0.330 e. The van der Waals surface area contributed by atoms with Gasteiger partial charge in [-0.15, -0.1) is 0 Å². The SMILES string of the molecule is COc1ccc(N(C(=O)N2CCN(c3cccc(C)c3)C(C)C2)c2ncccc2NO)cc1NC(=O)C(=O)Nc1ccccc1. The normalized spacial score (nSPS) is 14.4. The Morgan fingerprint density at radius 1 is 0.911 bits per heavy atom. The van der Waals surface area contributed by atoms with E-state index >= 15 is 0 Å². The second-order valence-electron chi connectivity index (χ2n) is 10.6. The van der Waals surface area contributed by atoms with Crippen molar-refractivity contribution in [2.24, 2.45) is 0 Å². The smallest absolute Gasteiger partial charge is 0.330 e. The molecule has 2 heterocycles. The molecule has 1 aliphatic rings. The molecule has 4 N–H and O–H groups in total. The first-order valence-electron chi connectivity index (χ1n) is 14.4. The number of amides is 4. The van der Waals surface area contributed by atoms with Crippen molar-refractivity contribution in [1.29, 1.82) is 0 Å². The highest BCUT2D eigenvalue weighted by Crippen LogP contribution is 2.36. The highest BCUT2D eigenvalue weighted by Gasteiger charge is 2.33. The van der Waals surface area contributed by atoms with Gasteiger partial charge in [-0.05, 0) is 74.0 Å². The summed E-state index contributed by atoms with van der Waals surface area (Å²) < 4.78 is 5.45. The molecule has 0 aliphatic carbocycles. The summed E-state index contributed by atoms with van der Waals surface area (Å²) in [5, 5.41) is 15.0. The number of piperazine rings is 1. The average Bonchev–Trinajstić information content (AvgIpc) is 3.05. The quantitative estimate of drug-likeness (QED) is 0.165. The molecule has 12 heteroatoms. The van der Waals surface area contributed by atoms with Crippen LogP contribution in [0.4, 0.5) is 39.0 Å². The van der Waals surface area contributed by atoms with E-state index < -0.39 is 11.8 Å². The lowest BCUT2D eigenvalue weighted by Crippen LogP contribution is -2.56. The van der Waals surface area contributed by atoms with Gasteiger partial charge in [0.15, 0.2) is 5.82 Å². The Balaban J connectivity index is 1.44. The summed E-state index contributed by atoms with van der Waals surface area (Å²) in [6.07, 6.45) is 1.51. The van der Waals surface area contributed by atoms with E-state index in [0.29, 0.717) is 31.0 Å². The van der Waals surface area contributed by atoms with Crippen LogP contribution in [-0.4, -0.2) is 65.7 Å². The van der Waals surface area contributed by atoms with Crippen molar-refractivity contribution in [2.45, 2.75) is 19.9 Å². The lowest BCUT2D eigenvalue weighted by molar-refractivity contribution is -0.133. The number of benzene rings is 3. The lowest BCUT2D eigenvalue weighted by Gasteiger charge is -2.42. The number of hydrogen-bond donors (Lipinski definition) is 4. The first-order valence-corrected chi connectivity index (χ1v) is 14.4. The fourth-order valence-electron chi connectivity index (χ4n) is 5.27. The van der Waals surface area contributed by atoms with Crippen molar-refractivity contribution in [3.8, 4) is 5.75 Å². The van der Waals surface area contributed by atoms with Crippen LogP contribution < -0.4 is 30.7 Å². The fourth-order valence-corrected chi connectivity index (χ4v) is 5.27. The van der Waals surface area contributed by atoms with E-state index in [2.05, 4.69) is 45.1 Å². The van der Waals surface area contributed by atoms with E-state index in [4.69, 9.17) is 4.74 Å². The van der Waals surface area contributed by atoms with Gasteiger partial charge in [-0.1, -0.05) is 30.3 Å². The Hall–Kier alpha value is -5.62. The molecule has 3 aromatic carbocycles. The summed E-state index contributed by atoms with van der Waals surface area (Å²) in [5.74, 6) is -1.39. The predicted octanol–water partition coefficient (Wildman–Crippen LogP) is 5.25. The van der Waals surface area contributed by atoms with Crippen LogP contribution in [0.1, 0.15) is 12.5 Å². The van der Waals surface area contributed by atoms with E-state index in [0.717, 1.165) is 11.3 Å². The van der Waals surface area contributed by atoms with Gasteiger partial charge in [0.1, 0.15) is 11.4 Å². The molecule has 0 saturated carbocycles. The zero-order valence-corrected chi connectivity index (χ0v) is 25.2. The van der Waals surface area contributed by atoms with Crippen molar-refractivity contribution >= 4 is 52.1 Å². The van der Waals surface area contributed by atoms with Crippen LogP contribution in [0.2, 0.25) is 0 Å². The summed E-state index contributed by atoms with van der Waals surface area (Å²) in [7, 11) is 1.43. The van der Waals surface area contributed by atoms with Crippen LogP contribution in [0.15, 0.2) is 91.1 Å². The van der Waals surface area contributed by atoms with Gasteiger partial charge in [-0.25, -0.2) is 14.7 Å². The number of carbonyl (C=O) groups is 3. The Bertz CT molecular complexity index is 1680. The minimum Gasteiger partial charge on any atom is -0.495 e. The lowest BCUT2D eigenvalue weighted by atomic mass is 10.1. The number of hydrogen-bond acceptors (Lipinski definition) is 8. The molecular weight excluding hydrogens is 574 g/mol. The molecule has 1 unspecified atom stereocenters. The van der Waals surface area contributed by atoms with Crippen molar-refractivity contribution in [3.05, 3.63) is 96.7 Å². The number of anilines is 6. The van der Waals surface area contributed by atoms with Crippen LogP contribution in [0.5, 0.6) is 5.75 Å². The number of para-hydroxylation sites is 1. The number of nitrogens with one attached hydrogen (secondary N) is 3. The molecule has 0 spiro atoms. The zero-order chi connectivity index (χ0) is 31.9. The molecule has 232 valence electrons. The number of pyridine rings is 1. The summed E-state index contributed by atoms with van der Waals surface area (Å²) in [4.78, 5) is 49.6. The standard InChI is InChI=1S/C33H35N7O5/c1-22-9-7-12-25(19-22)39-18-17-38(21-23(39)2)33(43)40(30-27(37-44)13-8-16-34-30)26-14-15-29(45-3)28(20-26)36-32(42)31(41)35-24-10-5-4-6-11-24/h4-16,19-20,23,37,44H,17-18,21H2,1-3H3,(H,35,41)(H,36,42). The first kappa shape index (κ1) is 30.8.